The van der Waals surface area contributed by atoms with Crippen molar-refractivity contribution in [1.29, 1.82) is 0 Å². The number of nitrogens with one attached hydrogen (secondary N) is 2. The summed E-state index contributed by atoms with van der Waals surface area (Å²) in [6, 6.07) is 0. The third-order valence-electron chi connectivity index (χ3n) is 1.74. The van der Waals surface area contributed by atoms with Crippen molar-refractivity contribution in [2.24, 2.45) is 11.8 Å². The summed E-state index contributed by atoms with van der Waals surface area (Å²) in [5.41, 5.74) is 5.98. The predicted molar refractivity (Wildman–Crippen MR) is 41.1 cm³/mol. The van der Waals surface area contributed by atoms with Crippen LogP contribution >= 0.6 is 0 Å². The van der Waals surface area contributed by atoms with Crippen LogP contribution in [-0.2, 0) is 0 Å². The molecule has 56 valence electrons. The van der Waals surface area contributed by atoms with E-state index in [4.69, 9.17) is 0 Å². The van der Waals surface area contributed by atoms with E-state index in [-0.39, 0.29) is 0 Å². The molecule has 0 aliphatic heterocycles. The average Bonchev–Trinajstić information content (AvgIpc) is 1.82. The van der Waals surface area contributed by atoms with Crippen LogP contribution in [0.3, 0.4) is 0 Å². The lowest BCUT2D eigenvalue weighted by Gasteiger charge is -2.14. The highest BCUT2D eigenvalue weighted by atomic mass is 15.3. The normalized spacial score (nSPS) is 14.3. The van der Waals surface area contributed by atoms with Gasteiger partial charge in [0.2, 0.25) is 0 Å². The summed E-state index contributed by atoms with van der Waals surface area (Å²) >= 11 is 0. The molecule has 1 atom stereocenters. The van der Waals surface area contributed by atoms with Crippen LogP contribution in [0.2, 0.25) is 0 Å². The molecule has 2 N–H and O–H groups in total. The highest BCUT2D eigenvalue weighted by Crippen LogP contribution is 2.06. The van der Waals surface area contributed by atoms with Crippen LogP contribution in [0.1, 0.15) is 20.8 Å². The van der Waals surface area contributed by atoms with Gasteiger partial charge in [0, 0.05) is 6.54 Å². The zero-order valence-corrected chi connectivity index (χ0v) is 6.86. The molecule has 0 aromatic carbocycles. The first kappa shape index (κ1) is 8.92. The van der Waals surface area contributed by atoms with Gasteiger partial charge in [-0.05, 0) is 18.9 Å². The molecule has 0 bridgehead atoms. The van der Waals surface area contributed by atoms with Crippen LogP contribution in [0.5, 0.6) is 0 Å². The Morgan fingerprint density at radius 1 is 1.22 bits per heavy atom. The molecule has 0 unspecified atom stereocenters. The van der Waals surface area contributed by atoms with Gasteiger partial charge in [0.25, 0.3) is 0 Å². The third-order valence-corrected chi connectivity index (χ3v) is 1.74. The number of hydrazine groups is 1. The van der Waals surface area contributed by atoms with E-state index < -0.39 is 0 Å². The number of hydrogen-bond acceptors (Lipinski definition) is 2. The van der Waals surface area contributed by atoms with Gasteiger partial charge in [-0.15, -0.1) is 0 Å². The molecule has 0 radical (unpaired) electrons. The summed E-state index contributed by atoms with van der Waals surface area (Å²) in [5, 5.41) is 0. The van der Waals surface area contributed by atoms with E-state index in [1.165, 1.54) is 0 Å². The fourth-order valence-electron chi connectivity index (χ4n) is 0.499. The standard InChI is InChI=1S/C7H18N2/c1-6(2)7(3)5-9-8-4/h6-9H,5H2,1-4H3/t7-/m1/s1. The summed E-state index contributed by atoms with van der Waals surface area (Å²) < 4.78 is 0. The monoisotopic (exact) mass is 130 g/mol. The molecule has 0 rings (SSSR count). The molecule has 2 heteroatoms. The second kappa shape index (κ2) is 4.77. The Morgan fingerprint density at radius 2 is 1.78 bits per heavy atom. The van der Waals surface area contributed by atoms with E-state index in [2.05, 4.69) is 31.6 Å². The van der Waals surface area contributed by atoms with E-state index >= 15 is 0 Å². The molecule has 0 spiro atoms. The fourth-order valence-corrected chi connectivity index (χ4v) is 0.499. The molecule has 0 aromatic heterocycles. The lowest BCUT2D eigenvalue weighted by Crippen LogP contribution is -2.33. The van der Waals surface area contributed by atoms with E-state index in [1.54, 1.807) is 0 Å². The highest BCUT2D eigenvalue weighted by molar-refractivity contribution is 4.57. The van der Waals surface area contributed by atoms with Gasteiger partial charge >= 0.3 is 0 Å². The molecule has 2 nitrogen and oxygen atoms in total. The molecule has 0 fully saturated rings. The summed E-state index contributed by atoms with van der Waals surface area (Å²) in [4.78, 5) is 0. The Hall–Kier alpha value is -0.0800. The number of hydrogen-bond donors (Lipinski definition) is 2. The molecule has 0 amide bonds. The van der Waals surface area contributed by atoms with Crippen LogP contribution in [-0.4, -0.2) is 13.6 Å². The minimum absolute atomic E-state index is 0.748. The highest BCUT2D eigenvalue weighted by Gasteiger charge is 2.04. The molecule has 0 saturated carbocycles. The van der Waals surface area contributed by atoms with Crippen molar-refractivity contribution in [2.75, 3.05) is 13.6 Å². The van der Waals surface area contributed by atoms with E-state index in [0.717, 1.165) is 18.4 Å². The maximum absolute atomic E-state index is 3.08. The third kappa shape index (κ3) is 4.43. The summed E-state index contributed by atoms with van der Waals surface area (Å²) in [6.07, 6.45) is 0. The molecule has 0 aliphatic rings. The molecule has 0 saturated heterocycles. The molecule has 0 aromatic rings. The minimum atomic E-state index is 0.748. The summed E-state index contributed by atoms with van der Waals surface area (Å²) in [7, 11) is 1.90. The molecular weight excluding hydrogens is 112 g/mol. The Bertz CT molecular complexity index is 61.9. The van der Waals surface area contributed by atoms with Crippen molar-refractivity contribution >= 4 is 0 Å². The fraction of sp³-hybridized carbons (Fsp3) is 1.00. The van der Waals surface area contributed by atoms with Gasteiger partial charge in [-0.3, -0.25) is 10.9 Å². The van der Waals surface area contributed by atoms with Crippen LogP contribution in [0.15, 0.2) is 0 Å². The first-order valence-corrected chi connectivity index (χ1v) is 3.58. The lowest BCUT2D eigenvalue weighted by atomic mass is 9.99. The first-order valence-electron chi connectivity index (χ1n) is 3.58. The Kier molecular flexibility index (Phi) is 4.72. The SMILES string of the molecule is CNNC[C@@H](C)C(C)C. The zero-order chi connectivity index (χ0) is 7.28. The molecular formula is C7H18N2. The second-order valence-corrected chi connectivity index (χ2v) is 2.85. The maximum Gasteiger partial charge on any atom is 0.0128 e. The van der Waals surface area contributed by atoms with Gasteiger partial charge in [0.05, 0.1) is 0 Å². The summed E-state index contributed by atoms with van der Waals surface area (Å²) in [5.74, 6) is 1.52. The van der Waals surface area contributed by atoms with Crippen molar-refractivity contribution in [3.63, 3.8) is 0 Å². The van der Waals surface area contributed by atoms with E-state index in [1.807, 2.05) is 7.05 Å². The van der Waals surface area contributed by atoms with Gasteiger partial charge in [-0.1, -0.05) is 20.8 Å². The lowest BCUT2D eigenvalue weighted by molar-refractivity contribution is 0.377. The van der Waals surface area contributed by atoms with E-state index in [9.17, 15) is 0 Å². The largest absolute Gasteiger partial charge is 0.261 e. The van der Waals surface area contributed by atoms with E-state index in [0.29, 0.717) is 0 Å². The van der Waals surface area contributed by atoms with Crippen molar-refractivity contribution in [3.8, 4) is 0 Å². The second-order valence-electron chi connectivity index (χ2n) is 2.85. The minimum Gasteiger partial charge on any atom is -0.261 e. The summed E-state index contributed by atoms with van der Waals surface area (Å²) in [6.45, 7) is 7.77. The van der Waals surface area contributed by atoms with Crippen molar-refractivity contribution in [2.45, 2.75) is 20.8 Å². The Balaban J connectivity index is 3.16. The Morgan fingerprint density at radius 3 is 2.11 bits per heavy atom. The topological polar surface area (TPSA) is 24.1 Å². The Labute approximate surface area is 58.0 Å². The van der Waals surface area contributed by atoms with Gasteiger partial charge in [0.15, 0.2) is 0 Å². The zero-order valence-electron chi connectivity index (χ0n) is 6.86. The van der Waals surface area contributed by atoms with Crippen molar-refractivity contribution < 1.29 is 0 Å². The number of rotatable bonds is 4. The van der Waals surface area contributed by atoms with Gasteiger partial charge in [-0.2, -0.15) is 0 Å². The van der Waals surface area contributed by atoms with Gasteiger partial charge in [0.1, 0.15) is 0 Å². The van der Waals surface area contributed by atoms with Crippen LogP contribution in [0.25, 0.3) is 0 Å². The predicted octanol–water partition coefficient (Wildman–Crippen LogP) is 1.00. The molecule has 0 heterocycles. The smallest absolute Gasteiger partial charge is 0.0128 e. The maximum atomic E-state index is 3.08. The first-order chi connectivity index (χ1) is 4.18. The van der Waals surface area contributed by atoms with Gasteiger partial charge < -0.3 is 0 Å². The average molecular weight is 130 g/mol. The van der Waals surface area contributed by atoms with Crippen molar-refractivity contribution in [1.82, 2.24) is 10.9 Å². The molecule has 0 aliphatic carbocycles. The van der Waals surface area contributed by atoms with Gasteiger partial charge in [-0.25, -0.2) is 0 Å². The molecule has 9 heavy (non-hydrogen) atoms. The van der Waals surface area contributed by atoms with Crippen LogP contribution in [0.4, 0.5) is 0 Å². The van der Waals surface area contributed by atoms with Crippen LogP contribution < -0.4 is 10.9 Å². The van der Waals surface area contributed by atoms with Crippen molar-refractivity contribution in [3.05, 3.63) is 0 Å². The quantitative estimate of drug-likeness (QED) is 0.555. The van der Waals surface area contributed by atoms with Crippen LogP contribution in [0, 0.1) is 11.8 Å².